The Morgan fingerprint density at radius 2 is 1.79 bits per heavy atom. The second kappa shape index (κ2) is 11.8. The van der Waals surface area contributed by atoms with Crippen LogP contribution in [0.15, 0.2) is 47.9 Å². The third-order valence-corrected chi connectivity index (χ3v) is 7.56. The number of aryl methyl sites for hydroxylation is 1. The molecule has 0 N–H and O–H groups in total. The van der Waals surface area contributed by atoms with E-state index in [2.05, 4.69) is 31.8 Å². The molecule has 4 heterocycles. The number of amides is 2. The van der Waals surface area contributed by atoms with Gasteiger partial charge in [0.05, 0.1) is 10.5 Å². The number of ether oxygens (including phenoxy) is 2. The largest absolute Gasteiger partial charge is 0.474 e. The number of piperidine rings is 1. The molecule has 2 saturated heterocycles. The second-order valence-corrected chi connectivity index (χ2v) is 10.3. The van der Waals surface area contributed by atoms with Crippen LogP contribution in [0.25, 0.3) is 6.08 Å². The van der Waals surface area contributed by atoms with Crippen LogP contribution in [0.2, 0.25) is 0 Å². The van der Waals surface area contributed by atoms with Crippen molar-refractivity contribution in [1.82, 2.24) is 24.8 Å². The highest BCUT2D eigenvalue weighted by atomic mass is 32.2. The first-order valence-electron chi connectivity index (χ1n) is 13.0. The molecule has 2 aliphatic heterocycles. The number of nitrogens with zero attached hydrogens (tertiary/aromatic N) is 6. The van der Waals surface area contributed by atoms with Crippen LogP contribution in [0.3, 0.4) is 0 Å². The minimum Gasteiger partial charge on any atom is -0.474 e. The number of thioether (sulfide) groups is 1. The molecule has 202 valence electrons. The van der Waals surface area contributed by atoms with Crippen molar-refractivity contribution in [2.45, 2.75) is 46.1 Å². The predicted molar refractivity (Wildman–Crippen MR) is 149 cm³/mol. The van der Waals surface area contributed by atoms with Crippen LogP contribution in [0, 0.1) is 6.92 Å². The van der Waals surface area contributed by atoms with Crippen LogP contribution in [-0.2, 0) is 11.2 Å². The number of carbonyl (C=O) groups is 2. The number of hydrogen-bond donors (Lipinski definition) is 0. The summed E-state index contributed by atoms with van der Waals surface area (Å²) in [4.78, 5) is 45.9. The molecule has 0 bridgehead atoms. The minimum atomic E-state index is -0.278. The Hall–Kier alpha value is -3.99. The van der Waals surface area contributed by atoms with Gasteiger partial charge in [0.25, 0.3) is 11.1 Å². The lowest BCUT2D eigenvalue weighted by Crippen LogP contribution is -2.39. The molecule has 0 atom stereocenters. The first-order valence-corrected chi connectivity index (χ1v) is 13.8. The van der Waals surface area contributed by atoms with Gasteiger partial charge in [-0.1, -0.05) is 19.1 Å². The summed E-state index contributed by atoms with van der Waals surface area (Å²) in [5, 5.41) is -0.255. The molecule has 2 fully saturated rings. The highest BCUT2D eigenvalue weighted by molar-refractivity contribution is 8.18. The summed E-state index contributed by atoms with van der Waals surface area (Å²) in [7, 11) is 0. The summed E-state index contributed by atoms with van der Waals surface area (Å²) in [6.07, 6.45) is 9.48. The van der Waals surface area contributed by atoms with Crippen molar-refractivity contribution >= 4 is 34.9 Å². The van der Waals surface area contributed by atoms with Crippen molar-refractivity contribution in [2.75, 3.05) is 24.5 Å². The van der Waals surface area contributed by atoms with Crippen LogP contribution in [0.5, 0.6) is 17.5 Å². The van der Waals surface area contributed by atoms with E-state index in [4.69, 9.17) is 9.47 Å². The molecule has 11 heteroatoms. The smallest absolute Gasteiger partial charge is 0.293 e. The van der Waals surface area contributed by atoms with Gasteiger partial charge < -0.3 is 14.4 Å². The highest BCUT2D eigenvalue weighted by Crippen LogP contribution is 2.33. The number of benzene rings is 1. The Kier molecular flexibility index (Phi) is 8.06. The quantitative estimate of drug-likeness (QED) is 0.357. The number of aromatic nitrogens is 4. The fourth-order valence-corrected chi connectivity index (χ4v) is 5.27. The lowest BCUT2D eigenvalue weighted by molar-refractivity contribution is -0.122. The zero-order chi connectivity index (χ0) is 27.4. The van der Waals surface area contributed by atoms with Crippen LogP contribution in [0.1, 0.15) is 43.4 Å². The van der Waals surface area contributed by atoms with Crippen LogP contribution < -0.4 is 14.4 Å². The maximum atomic E-state index is 12.4. The average molecular weight is 547 g/mol. The first-order chi connectivity index (χ1) is 18.9. The molecule has 0 radical (unpaired) electrons. The number of rotatable bonds is 8. The lowest BCUT2D eigenvalue weighted by atomic mass is 10.1. The third kappa shape index (κ3) is 6.03. The number of carbonyl (C=O) groups excluding carboxylic acids is 2. The van der Waals surface area contributed by atoms with Gasteiger partial charge >= 0.3 is 0 Å². The summed E-state index contributed by atoms with van der Waals surface area (Å²) in [5.41, 5.74) is 2.57. The Labute approximate surface area is 231 Å². The standard InChI is InChI=1S/C28H30N6O4S/c1-4-19-15-29-27(30-16-19)33-11-9-21(10-12-33)37-24-18(3)25(32-17-31-24)38-22-8-6-7-20(13-22)14-23-26(35)34(5-2)28(36)39-23/h6-8,13-17,21H,4-5,9-12H2,1-3H3/b23-14+. The third-order valence-electron chi connectivity index (χ3n) is 6.65. The highest BCUT2D eigenvalue weighted by Gasteiger charge is 2.33. The van der Waals surface area contributed by atoms with E-state index in [1.165, 1.54) is 11.2 Å². The first kappa shape index (κ1) is 26.6. The molecule has 5 rings (SSSR count). The molecule has 3 aromatic rings. The van der Waals surface area contributed by atoms with Gasteiger partial charge in [-0.2, -0.15) is 0 Å². The van der Waals surface area contributed by atoms with E-state index in [0.717, 1.165) is 61.2 Å². The second-order valence-electron chi connectivity index (χ2n) is 9.26. The summed E-state index contributed by atoms with van der Waals surface area (Å²) in [6, 6.07) is 7.28. The molecule has 0 unspecified atom stereocenters. The normalized spacial score (nSPS) is 17.3. The van der Waals surface area contributed by atoms with Crippen LogP contribution in [-0.4, -0.2) is 61.7 Å². The zero-order valence-electron chi connectivity index (χ0n) is 22.2. The number of hydrogen-bond acceptors (Lipinski definition) is 10. The average Bonchev–Trinajstić information content (AvgIpc) is 3.23. The van der Waals surface area contributed by atoms with Gasteiger partial charge in [0, 0.05) is 44.9 Å². The molecule has 2 amide bonds. The van der Waals surface area contributed by atoms with Crippen molar-refractivity contribution in [1.29, 1.82) is 0 Å². The topological polar surface area (TPSA) is 111 Å². The summed E-state index contributed by atoms with van der Waals surface area (Å²) in [6.45, 7) is 7.69. The fraction of sp³-hybridized carbons (Fsp3) is 0.357. The summed E-state index contributed by atoms with van der Waals surface area (Å²) in [5.74, 6) is 1.91. The molecule has 10 nitrogen and oxygen atoms in total. The zero-order valence-corrected chi connectivity index (χ0v) is 23.0. The molecule has 39 heavy (non-hydrogen) atoms. The van der Waals surface area contributed by atoms with E-state index in [9.17, 15) is 9.59 Å². The monoisotopic (exact) mass is 546 g/mol. The van der Waals surface area contributed by atoms with Crippen molar-refractivity contribution in [3.63, 3.8) is 0 Å². The van der Waals surface area contributed by atoms with E-state index in [1.54, 1.807) is 19.1 Å². The SMILES string of the molecule is CCc1cnc(N2CCC(Oc3ncnc(Oc4cccc(/C=C5/SC(=O)N(CC)C5=O)c4)c3C)CC2)nc1. The van der Waals surface area contributed by atoms with Gasteiger partial charge in [-0.15, -0.1) is 0 Å². The van der Waals surface area contributed by atoms with Crippen molar-refractivity contribution in [2.24, 2.45) is 0 Å². The Balaban J connectivity index is 1.22. The number of anilines is 1. The fourth-order valence-electron chi connectivity index (χ4n) is 4.37. The summed E-state index contributed by atoms with van der Waals surface area (Å²) >= 11 is 0.943. The molecule has 0 spiro atoms. The molecule has 2 aliphatic rings. The van der Waals surface area contributed by atoms with Gasteiger partial charge in [-0.25, -0.2) is 19.9 Å². The van der Waals surface area contributed by atoms with Crippen molar-refractivity contribution in [3.05, 3.63) is 64.6 Å². The van der Waals surface area contributed by atoms with E-state index < -0.39 is 0 Å². The molecule has 0 saturated carbocycles. The molecule has 2 aromatic heterocycles. The van der Waals surface area contributed by atoms with Gasteiger partial charge in [0.1, 0.15) is 18.2 Å². The maximum Gasteiger partial charge on any atom is 0.293 e. The minimum absolute atomic E-state index is 0.0133. The van der Waals surface area contributed by atoms with E-state index in [0.29, 0.717) is 34.5 Å². The van der Waals surface area contributed by atoms with Crippen molar-refractivity contribution in [3.8, 4) is 17.5 Å². The molecule has 0 aliphatic carbocycles. The van der Waals surface area contributed by atoms with Gasteiger partial charge in [0.2, 0.25) is 17.7 Å². The molecular formula is C28H30N6O4S. The maximum absolute atomic E-state index is 12.4. The van der Waals surface area contributed by atoms with Crippen LogP contribution in [0.4, 0.5) is 10.7 Å². The van der Waals surface area contributed by atoms with Gasteiger partial charge in [0.15, 0.2) is 0 Å². The van der Waals surface area contributed by atoms with Crippen molar-refractivity contribution < 1.29 is 19.1 Å². The van der Waals surface area contributed by atoms with Crippen LogP contribution >= 0.6 is 11.8 Å². The number of imide groups is 1. The molecule has 1 aromatic carbocycles. The predicted octanol–water partition coefficient (Wildman–Crippen LogP) is 5.03. The lowest BCUT2D eigenvalue weighted by Gasteiger charge is -2.32. The van der Waals surface area contributed by atoms with E-state index in [1.807, 2.05) is 37.5 Å². The van der Waals surface area contributed by atoms with Gasteiger partial charge in [-0.05, 0) is 61.4 Å². The Bertz CT molecular complexity index is 1390. The van der Waals surface area contributed by atoms with E-state index >= 15 is 0 Å². The molecular weight excluding hydrogens is 516 g/mol. The Morgan fingerprint density at radius 1 is 1.05 bits per heavy atom. The number of likely N-dealkylation sites (N-methyl/N-ethyl adjacent to an activating group) is 1. The Morgan fingerprint density at radius 3 is 2.49 bits per heavy atom. The summed E-state index contributed by atoms with van der Waals surface area (Å²) < 4.78 is 12.3. The van der Waals surface area contributed by atoms with Gasteiger partial charge in [-0.3, -0.25) is 14.5 Å². The van der Waals surface area contributed by atoms with E-state index in [-0.39, 0.29) is 17.3 Å².